The summed E-state index contributed by atoms with van der Waals surface area (Å²) < 4.78 is 64.2. The first-order valence-electron chi connectivity index (χ1n) is 7.20. The van der Waals surface area contributed by atoms with E-state index in [4.69, 9.17) is 9.66 Å². The van der Waals surface area contributed by atoms with E-state index in [0.29, 0.717) is 0 Å². The predicted octanol–water partition coefficient (Wildman–Crippen LogP) is 1.27. The molecule has 0 aliphatic carbocycles. The number of aromatic carboxylic acids is 1. The van der Waals surface area contributed by atoms with Crippen LogP contribution in [-0.2, 0) is 20.2 Å². The Kier molecular flexibility index (Phi) is 4.79. The molecule has 0 spiro atoms. The van der Waals surface area contributed by atoms with Crippen LogP contribution in [0.5, 0.6) is 5.75 Å². The Morgan fingerprint density at radius 3 is 2.28 bits per heavy atom. The lowest BCUT2D eigenvalue weighted by atomic mass is 10.1. The van der Waals surface area contributed by atoms with Crippen LogP contribution in [0.4, 0.5) is 11.6 Å². The van der Waals surface area contributed by atoms with Gasteiger partial charge in [-0.15, -0.1) is 15.3 Å². The number of hydrogen-bond donors (Lipinski definition) is 5. The first-order chi connectivity index (χ1) is 13.4. The zero-order valence-corrected chi connectivity index (χ0v) is 15.4. The summed E-state index contributed by atoms with van der Waals surface area (Å²) in [5.41, 5.74) is -0.515. The number of carboxylic acid groups (broad SMARTS) is 1. The van der Waals surface area contributed by atoms with Crippen molar-refractivity contribution in [1.29, 1.82) is 0 Å². The van der Waals surface area contributed by atoms with Crippen LogP contribution in [0.2, 0.25) is 0 Å². The topological polar surface area (TPSA) is 233 Å². The van der Waals surface area contributed by atoms with Crippen molar-refractivity contribution in [3.63, 3.8) is 0 Å². The molecule has 0 amide bonds. The Bertz CT molecular complexity index is 1390. The molecule has 14 nitrogen and oxygen atoms in total. The van der Waals surface area contributed by atoms with E-state index < -0.39 is 59.2 Å². The number of H-pyrrole nitrogens is 1. The third kappa shape index (κ3) is 4.04. The highest BCUT2D eigenvalue weighted by molar-refractivity contribution is 7.86. The van der Waals surface area contributed by atoms with Crippen LogP contribution in [-0.4, -0.2) is 57.3 Å². The van der Waals surface area contributed by atoms with E-state index in [1.807, 2.05) is 5.10 Å². The molecule has 0 unspecified atom stereocenters. The molecule has 0 atom stereocenters. The SMILES string of the molecule is O=C(O)c1nc(/N=N/c2c(O)c(S(=O)(=O)O)cc3cc(S(=O)(=O)O)ccc23)n[nH]1. The normalized spacial score (nSPS) is 12.6. The number of carboxylic acids is 1. The maximum atomic E-state index is 11.5. The number of nitrogens with zero attached hydrogens (tertiary/aromatic N) is 4. The largest absolute Gasteiger partial charge is 0.504 e. The van der Waals surface area contributed by atoms with E-state index >= 15 is 0 Å². The summed E-state index contributed by atoms with van der Waals surface area (Å²) in [6.45, 7) is 0. The van der Waals surface area contributed by atoms with Crippen molar-refractivity contribution in [3.8, 4) is 5.75 Å². The fraction of sp³-hybridized carbons (Fsp3) is 0. The number of aromatic nitrogens is 3. The van der Waals surface area contributed by atoms with E-state index in [2.05, 4.69) is 20.3 Å². The summed E-state index contributed by atoms with van der Waals surface area (Å²) >= 11 is 0. The Morgan fingerprint density at radius 1 is 1.03 bits per heavy atom. The van der Waals surface area contributed by atoms with E-state index in [9.17, 15) is 31.3 Å². The second-order valence-corrected chi connectivity index (χ2v) is 8.21. The number of phenols is 1. The fourth-order valence-electron chi connectivity index (χ4n) is 2.28. The van der Waals surface area contributed by atoms with Gasteiger partial charge in [0.2, 0.25) is 5.82 Å². The highest BCUT2D eigenvalue weighted by Crippen LogP contribution is 2.41. The van der Waals surface area contributed by atoms with E-state index in [1.54, 1.807) is 0 Å². The highest BCUT2D eigenvalue weighted by Gasteiger charge is 2.23. The van der Waals surface area contributed by atoms with Gasteiger partial charge in [-0.1, -0.05) is 6.07 Å². The van der Waals surface area contributed by atoms with Crippen LogP contribution in [0.3, 0.4) is 0 Å². The third-order valence-electron chi connectivity index (χ3n) is 3.51. The fourth-order valence-corrected chi connectivity index (χ4v) is 3.41. The van der Waals surface area contributed by atoms with Gasteiger partial charge < -0.3 is 10.2 Å². The lowest BCUT2D eigenvalue weighted by molar-refractivity contribution is 0.0684. The molecule has 3 aromatic rings. The maximum absolute atomic E-state index is 11.5. The molecule has 152 valence electrons. The van der Waals surface area contributed by atoms with E-state index in [0.717, 1.165) is 24.3 Å². The number of fused-ring (bicyclic) bond motifs is 1. The average molecular weight is 443 g/mol. The second-order valence-electron chi connectivity index (χ2n) is 5.39. The summed E-state index contributed by atoms with van der Waals surface area (Å²) in [4.78, 5) is 12.6. The first-order valence-corrected chi connectivity index (χ1v) is 10.1. The quantitative estimate of drug-likeness (QED) is 0.278. The number of nitrogens with one attached hydrogen (secondary N) is 1. The van der Waals surface area contributed by atoms with Crippen LogP contribution in [0, 0.1) is 0 Å². The molecule has 29 heavy (non-hydrogen) atoms. The molecule has 0 radical (unpaired) electrons. The van der Waals surface area contributed by atoms with Crippen molar-refractivity contribution >= 4 is 48.6 Å². The Labute approximate surface area is 161 Å². The molecule has 0 aliphatic rings. The number of carbonyl (C=O) groups is 1. The Hall–Kier alpha value is -3.47. The van der Waals surface area contributed by atoms with Crippen molar-refractivity contribution in [2.45, 2.75) is 9.79 Å². The molecule has 0 aliphatic heterocycles. The molecular weight excluding hydrogens is 434 g/mol. The van der Waals surface area contributed by atoms with Crippen LogP contribution in [0.15, 0.2) is 44.3 Å². The van der Waals surface area contributed by atoms with Gasteiger partial charge in [-0.05, 0) is 23.6 Å². The number of benzene rings is 2. The predicted molar refractivity (Wildman–Crippen MR) is 92.8 cm³/mol. The van der Waals surface area contributed by atoms with E-state index in [-0.39, 0.29) is 10.8 Å². The van der Waals surface area contributed by atoms with Crippen LogP contribution >= 0.6 is 0 Å². The van der Waals surface area contributed by atoms with Gasteiger partial charge in [0, 0.05) is 5.39 Å². The van der Waals surface area contributed by atoms with Gasteiger partial charge in [0.15, 0.2) is 5.75 Å². The molecule has 1 aromatic heterocycles. The van der Waals surface area contributed by atoms with Crippen molar-refractivity contribution < 1.29 is 40.9 Å². The van der Waals surface area contributed by atoms with Gasteiger partial charge in [-0.3, -0.25) is 14.2 Å². The maximum Gasteiger partial charge on any atom is 0.373 e. The number of aromatic amines is 1. The number of phenolic OH excluding ortho intramolecular Hbond substituents is 1. The van der Waals surface area contributed by atoms with Crippen molar-refractivity contribution in [2.75, 3.05) is 0 Å². The van der Waals surface area contributed by atoms with Gasteiger partial charge in [0.25, 0.3) is 26.2 Å². The van der Waals surface area contributed by atoms with Gasteiger partial charge in [-0.2, -0.15) is 21.8 Å². The summed E-state index contributed by atoms with van der Waals surface area (Å²) in [7, 11) is -9.60. The van der Waals surface area contributed by atoms with E-state index in [1.165, 1.54) is 0 Å². The summed E-state index contributed by atoms with van der Waals surface area (Å²) in [6.07, 6.45) is 0. The van der Waals surface area contributed by atoms with Crippen LogP contribution in [0.1, 0.15) is 10.6 Å². The summed E-state index contributed by atoms with van der Waals surface area (Å²) in [5.74, 6) is -3.48. The minimum absolute atomic E-state index is 0.0138. The second kappa shape index (κ2) is 6.85. The van der Waals surface area contributed by atoms with Crippen LogP contribution in [0.25, 0.3) is 10.8 Å². The number of aromatic hydroxyl groups is 1. The molecular formula is C13H9N5O9S2. The lowest BCUT2D eigenvalue weighted by Gasteiger charge is -2.09. The van der Waals surface area contributed by atoms with Gasteiger partial charge in [0.05, 0.1) is 4.90 Å². The number of rotatable bonds is 5. The number of azo groups is 1. The van der Waals surface area contributed by atoms with Crippen molar-refractivity contribution in [2.24, 2.45) is 10.2 Å². The standard InChI is InChI=1S/C13H9N5O9S2/c19-10-8(29(25,26)27)4-5-3-6(28(22,23)24)1-2-7(5)9(10)15-17-13-14-11(12(20)21)16-18-13/h1-4,19H,(H,20,21)(H,14,16,18)(H,22,23,24)(H,25,26,27)/b17-15+. The minimum atomic E-state index is -4.96. The molecule has 2 aromatic carbocycles. The zero-order valence-electron chi connectivity index (χ0n) is 13.7. The van der Waals surface area contributed by atoms with Crippen LogP contribution < -0.4 is 0 Å². The molecule has 0 saturated heterocycles. The molecule has 0 fully saturated rings. The van der Waals surface area contributed by atoms with Crippen molar-refractivity contribution in [3.05, 3.63) is 30.1 Å². The monoisotopic (exact) mass is 443 g/mol. The molecule has 0 bridgehead atoms. The zero-order chi connectivity index (χ0) is 21.6. The van der Waals surface area contributed by atoms with Gasteiger partial charge >= 0.3 is 5.97 Å². The molecule has 0 saturated carbocycles. The minimum Gasteiger partial charge on any atom is -0.504 e. The first kappa shape index (κ1) is 20.3. The third-order valence-corrected chi connectivity index (χ3v) is 5.23. The van der Waals surface area contributed by atoms with Gasteiger partial charge in [-0.25, -0.2) is 4.79 Å². The van der Waals surface area contributed by atoms with Gasteiger partial charge in [0.1, 0.15) is 10.6 Å². The molecule has 16 heteroatoms. The Balaban J connectivity index is 2.26. The average Bonchev–Trinajstić information content (AvgIpc) is 3.07. The van der Waals surface area contributed by atoms with Crippen molar-refractivity contribution in [1.82, 2.24) is 15.2 Å². The smallest absolute Gasteiger partial charge is 0.373 e. The lowest BCUT2D eigenvalue weighted by Crippen LogP contribution is -2.00. The summed E-state index contributed by atoms with van der Waals surface area (Å²) in [5, 5.41) is 31.4. The molecule has 1 heterocycles. The summed E-state index contributed by atoms with van der Waals surface area (Å²) in [6, 6.07) is 3.70. The Morgan fingerprint density at radius 2 is 1.72 bits per heavy atom. The molecule has 5 N–H and O–H groups in total. The highest BCUT2D eigenvalue weighted by atomic mass is 32.2. The number of hydrogen-bond acceptors (Lipinski definition) is 10. The molecule has 3 rings (SSSR count).